The van der Waals surface area contributed by atoms with E-state index in [-0.39, 0.29) is 18.2 Å². The Morgan fingerprint density at radius 1 is 1.29 bits per heavy atom. The smallest absolute Gasteiger partial charge is 0.290 e. The summed E-state index contributed by atoms with van der Waals surface area (Å²) in [4.78, 5) is 23.4. The highest BCUT2D eigenvalue weighted by Crippen LogP contribution is 2.19. The summed E-state index contributed by atoms with van der Waals surface area (Å²) in [7, 11) is 0. The van der Waals surface area contributed by atoms with E-state index in [1.165, 1.54) is 6.92 Å². The number of aromatic nitrogens is 1. The third kappa shape index (κ3) is 4.23. The van der Waals surface area contributed by atoms with Crippen LogP contribution in [0.15, 0.2) is 47.2 Å². The molecule has 0 fully saturated rings. The number of hydrogen-bond donors (Lipinski definition) is 1. The van der Waals surface area contributed by atoms with Crippen molar-refractivity contribution in [3.8, 4) is 0 Å². The van der Waals surface area contributed by atoms with E-state index in [0.29, 0.717) is 5.56 Å². The van der Waals surface area contributed by atoms with E-state index in [2.05, 4.69) is 21.2 Å². The molecule has 0 aliphatic rings. The minimum Gasteiger partial charge on any atom is -0.320 e. The molecule has 1 aromatic heterocycles. The second kappa shape index (κ2) is 6.63. The number of hydrogen-bond acceptors (Lipinski definition) is 2. The first-order chi connectivity index (χ1) is 9.95. The van der Waals surface area contributed by atoms with Crippen LogP contribution >= 0.6 is 15.9 Å². The number of carbonyl (C=O) groups is 2. The average molecular weight is 348 g/mol. The summed E-state index contributed by atoms with van der Waals surface area (Å²) in [5.74, 6) is -0.153. The van der Waals surface area contributed by atoms with Gasteiger partial charge in [0.1, 0.15) is 0 Å². The number of anilines is 1. The van der Waals surface area contributed by atoms with Crippen LogP contribution in [0, 0.1) is 6.92 Å². The van der Waals surface area contributed by atoms with Crippen molar-refractivity contribution in [3.05, 3.63) is 58.3 Å². The van der Waals surface area contributed by atoms with Gasteiger partial charge < -0.3 is 5.32 Å². The number of halogens is 1. The number of amides is 1. The lowest BCUT2D eigenvalue weighted by atomic mass is 10.2. The molecule has 0 aliphatic carbocycles. The highest BCUT2D eigenvalue weighted by molar-refractivity contribution is 9.10. The van der Waals surface area contributed by atoms with Gasteiger partial charge in [0.15, 0.2) is 18.2 Å². The monoisotopic (exact) mass is 347 g/mol. The van der Waals surface area contributed by atoms with Gasteiger partial charge in [-0.3, -0.25) is 9.59 Å². The molecule has 1 heterocycles. The Hall–Kier alpha value is -2.01. The summed E-state index contributed by atoms with van der Waals surface area (Å²) in [6.07, 6.45) is 3.44. The van der Waals surface area contributed by atoms with Crippen LogP contribution in [0.3, 0.4) is 0 Å². The van der Waals surface area contributed by atoms with Gasteiger partial charge in [-0.1, -0.05) is 15.9 Å². The normalized spacial score (nSPS) is 10.2. The molecule has 0 atom stereocenters. The first-order valence-electron chi connectivity index (χ1n) is 6.52. The van der Waals surface area contributed by atoms with Crippen LogP contribution in [0.4, 0.5) is 5.69 Å². The minimum absolute atomic E-state index is 0.0199. The average Bonchev–Trinajstić information content (AvgIpc) is 2.42. The predicted molar refractivity (Wildman–Crippen MR) is 84.2 cm³/mol. The van der Waals surface area contributed by atoms with Crippen LogP contribution in [0.5, 0.6) is 0 Å². The Labute approximate surface area is 131 Å². The molecule has 0 spiro atoms. The maximum absolute atomic E-state index is 12.1. The fourth-order valence-corrected chi connectivity index (χ4v) is 2.43. The van der Waals surface area contributed by atoms with E-state index >= 15 is 0 Å². The standard InChI is InChI=1S/C16H15BrN2O2/c1-11-8-14(17)5-6-15(11)18-16(21)10-19-7-3-4-13(9-19)12(2)20/h3-9H,10H2,1-2H3/p+1. The van der Waals surface area contributed by atoms with E-state index < -0.39 is 0 Å². The fraction of sp³-hybridized carbons (Fsp3) is 0.188. The molecular formula is C16H16BrN2O2+. The number of benzene rings is 1. The zero-order valence-corrected chi connectivity index (χ0v) is 13.5. The summed E-state index contributed by atoms with van der Waals surface area (Å²) in [5.41, 5.74) is 2.36. The molecule has 0 radical (unpaired) electrons. The Morgan fingerprint density at radius 3 is 2.71 bits per heavy atom. The molecule has 21 heavy (non-hydrogen) atoms. The minimum atomic E-state index is -0.133. The van der Waals surface area contributed by atoms with E-state index in [0.717, 1.165) is 15.7 Å². The molecule has 1 aromatic carbocycles. The van der Waals surface area contributed by atoms with Crippen molar-refractivity contribution < 1.29 is 14.2 Å². The predicted octanol–water partition coefficient (Wildman–Crippen LogP) is 2.89. The first-order valence-corrected chi connectivity index (χ1v) is 7.31. The van der Waals surface area contributed by atoms with Crippen molar-refractivity contribution >= 4 is 33.3 Å². The van der Waals surface area contributed by atoms with E-state index in [1.807, 2.05) is 25.1 Å². The van der Waals surface area contributed by atoms with Crippen molar-refractivity contribution in [1.29, 1.82) is 0 Å². The SMILES string of the molecule is CC(=O)c1ccc[n+](CC(=O)Nc2ccc(Br)cc2C)c1. The van der Waals surface area contributed by atoms with Gasteiger partial charge in [0.25, 0.3) is 5.91 Å². The zero-order valence-electron chi connectivity index (χ0n) is 11.9. The molecule has 0 saturated heterocycles. The maximum Gasteiger partial charge on any atom is 0.290 e. The third-order valence-corrected chi connectivity index (χ3v) is 3.55. The van der Waals surface area contributed by atoms with Crippen LogP contribution in [-0.4, -0.2) is 11.7 Å². The van der Waals surface area contributed by atoms with Crippen LogP contribution < -0.4 is 9.88 Å². The van der Waals surface area contributed by atoms with E-state index in [9.17, 15) is 9.59 Å². The lowest BCUT2D eigenvalue weighted by molar-refractivity contribution is -0.684. The first kappa shape index (κ1) is 15.4. The molecule has 5 heteroatoms. The van der Waals surface area contributed by atoms with Gasteiger partial charge in [0.2, 0.25) is 6.54 Å². The molecule has 0 aliphatic heterocycles. The lowest BCUT2D eigenvalue weighted by Crippen LogP contribution is -2.40. The van der Waals surface area contributed by atoms with E-state index in [4.69, 9.17) is 0 Å². The summed E-state index contributed by atoms with van der Waals surface area (Å²) >= 11 is 3.39. The van der Waals surface area contributed by atoms with Gasteiger partial charge in [-0.05, 0) is 43.7 Å². The van der Waals surface area contributed by atoms with Crippen molar-refractivity contribution in [2.75, 3.05) is 5.32 Å². The number of ketones is 1. The molecule has 0 bridgehead atoms. The summed E-state index contributed by atoms with van der Waals surface area (Å²) in [6, 6.07) is 9.17. The summed E-state index contributed by atoms with van der Waals surface area (Å²) in [5, 5.41) is 2.87. The summed E-state index contributed by atoms with van der Waals surface area (Å²) in [6.45, 7) is 3.60. The molecule has 108 valence electrons. The van der Waals surface area contributed by atoms with Crippen LogP contribution in [0.25, 0.3) is 0 Å². The van der Waals surface area contributed by atoms with Crippen molar-refractivity contribution in [3.63, 3.8) is 0 Å². The number of carbonyl (C=O) groups excluding carboxylic acids is 2. The van der Waals surface area contributed by atoms with Gasteiger partial charge >= 0.3 is 0 Å². The number of Topliss-reactive ketones (excluding diaryl/α,β-unsaturated/α-hetero) is 1. The number of nitrogens with one attached hydrogen (secondary N) is 1. The maximum atomic E-state index is 12.1. The van der Waals surface area contributed by atoms with Gasteiger partial charge in [0.05, 0.1) is 5.56 Å². The van der Waals surface area contributed by atoms with Crippen molar-refractivity contribution in [2.45, 2.75) is 20.4 Å². The summed E-state index contributed by atoms with van der Waals surface area (Å²) < 4.78 is 2.67. The highest BCUT2D eigenvalue weighted by Gasteiger charge is 2.12. The Kier molecular flexibility index (Phi) is 4.85. The number of aryl methyl sites for hydroxylation is 1. The van der Waals surface area contributed by atoms with Crippen LogP contribution in [-0.2, 0) is 11.3 Å². The molecule has 2 rings (SSSR count). The number of rotatable bonds is 4. The Morgan fingerprint density at radius 2 is 2.05 bits per heavy atom. The highest BCUT2D eigenvalue weighted by atomic mass is 79.9. The molecule has 1 N–H and O–H groups in total. The second-order valence-electron chi connectivity index (χ2n) is 4.83. The van der Waals surface area contributed by atoms with Crippen molar-refractivity contribution in [2.24, 2.45) is 0 Å². The van der Waals surface area contributed by atoms with Crippen molar-refractivity contribution in [1.82, 2.24) is 0 Å². The van der Waals surface area contributed by atoms with Gasteiger partial charge in [-0.2, -0.15) is 4.57 Å². The topological polar surface area (TPSA) is 50.0 Å². The lowest BCUT2D eigenvalue weighted by Gasteiger charge is -2.07. The third-order valence-electron chi connectivity index (χ3n) is 3.05. The van der Waals surface area contributed by atoms with Crippen LogP contribution in [0.1, 0.15) is 22.8 Å². The Balaban J connectivity index is 2.08. The molecule has 1 amide bonds. The largest absolute Gasteiger partial charge is 0.320 e. The van der Waals surface area contributed by atoms with Crippen LogP contribution in [0.2, 0.25) is 0 Å². The molecule has 4 nitrogen and oxygen atoms in total. The molecule has 2 aromatic rings. The van der Waals surface area contributed by atoms with Gasteiger partial charge in [-0.25, -0.2) is 0 Å². The molecule has 0 saturated carbocycles. The van der Waals surface area contributed by atoms with Gasteiger partial charge in [-0.15, -0.1) is 0 Å². The Bertz CT molecular complexity index is 698. The molecule has 0 unspecified atom stereocenters. The van der Waals surface area contributed by atoms with Gasteiger partial charge in [0, 0.05) is 16.2 Å². The number of nitrogens with zero attached hydrogens (tertiary/aromatic N) is 1. The zero-order chi connectivity index (χ0) is 15.4. The second-order valence-corrected chi connectivity index (χ2v) is 5.74. The number of pyridine rings is 1. The fourth-order valence-electron chi connectivity index (χ4n) is 1.95. The quantitative estimate of drug-likeness (QED) is 0.682. The van der Waals surface area contributed by atoms with E-state index in [1.54, 1.807) is 29.1 Å². The molecular weight excluding hydrogens is 332 g/mol.